The van der Waals surface area contributed by atoms with E-state index in [1.54, 1.807) is 9.58 Å². The van der Waals surface area contributed by atoms with Gasteiger partial charge in [-0.1, -0.05) is 0 Å². The number of amides is 1. The zero-order valence-corrected chi connectivity index (χ0v) is 14.5. The average Bonchev–Trinajstić information content (AvgIpc) is 3.11. The molecule has 0 spiro atoms. The number of rotatable bonds is 5. The van der Waals surface area contributed by atoms with Crippen LogP contribution in [0.4, 0.5) is 4.79 Å². The van der Waals surface area contributed by atoms with Crippen molar-refractivity contribution in [2.45, 2.75) is 13.5 Å². The Morgan fingerprint density at radius 3 is 2.52 bits per heavy atom. The number of tetrazole rings is 1. The Hall–Kier alpha value is -2.68. The SMILES string of the molecule is CCOc1ccc(-n2nnnc2CN2CCN(C(=O)OC)CC2)cc1. The molecule has 1 aliphatic heterocycles. The second-order valence-electron chi connectivity index (χ2n) is 5.67. The van der Waals surface area contributed by atoms with Crippen LogP contribution in [0.1, 0.15) is 12.7 Å². The minimum Gasteiger partial charge on any atom is -0.494 e. The van der Waals surface area contributed by atoms with E-state index in [-0.39, 0.29) is 6.09 Å². The molecule has 1 aromatic carbocycles. The van der Waals surface area contributed by atoms with Crippen LogP contribution in [0, 0.1) is 0 Å². The van der Waals surface area contributed by atoms with Crippen LogP contribution in [-0.2, 0) is 11.3 Å². The van der Waals surface area contributed by atoms with Crippen molar-refractivity contribution in [3.05, 3.63) is 30.1 Å². The molecule has 0 N–H and O–H groups in total. The van der Waals surface area contributed by atoms with Gasteiger partial charge in [0.1, 0.15) is 5.75 Å². The van der Waals surface area contributed by atoms with E-state index in [0.717, 1.165) is 30.4 Å². The largest absolute Gasteiger partial charge is 0.494 e. The summed E-state index contributed by atoms with van der Waals surface area (Å²) >= 11 is 0. The molecule has 0 atom stereocenters. The molecule has 1 aromatic heterocycles. The predicted molar refractivity (Wildman–Crippen MR) is 89.6 cm³/mol. The highest BCUT2D eigenvalue weighted by atomic mass is 16.5. The maximum atomic E-state index is 11.5. The maximum Gasteiger partial charge on any atom is 0.409 e. The van der Waals surface area contributed by atoms with Crippen molar-refractivity contribution in [1.29, 1.82) is 0 Å². The molecule has 1 fully saturated rings. The highest BCUT2D eigenvalue weighted by molar-refractivity contribution is 5.67. The van der Waals surface area contributed by atoms with Crippen LogP contribution in [0.15, 0.2) is 24.3 Å². The van der Waals surface area contributed by atoms with Gasteiger partial charge in [-0.05, 0) is 41.6 Å². The summed E-state index contributed by atoms with van der Waals surface area (Å²) in [7, 11) is 1.40. The van der Waals surface area contributed by atoms with Crippen molar-refractivity contribution < 1.29 is 14.3 Å². The Kier molecular flexibility index (Phi) is 5.44. The Morgan fingerprint density at radius 1 is 1.16 bits per heavy atom. The van der Waals surface area contributed by atoms with Crippen LogP contribution < -0.4 is 4.74 Å². The molecule has 1 saturated heterocycles. The number of carbonyl (C=O) groups excluding carboxylic acids is 1. The molecular weight excluding hydrogens is 324 g/mol. The topological polar surface area (TPSA) is 85.6 Å². The number of carbonyl (C=O) groups is 1. The molecule has 0 saturated carbocycles. The number of benzene rings is 1. The van der Waals surface area contributed by atoms with Gasteiger partial charge in [-0.15, -0.1) is 5.10 Å². The van der Waals surface area contributed by atoms with E-state index in [4.69, 9.17) is 9.47 Å². The summed E-state index contributed by atoms with van der Waals surface area (Å²) in [5.74, 6) is 1.58. The first kappa shape index (κ1) is 17.2. The molecule has 25 heavy (non-hydrogen) atoms. The fraction of sp³-hybridized carbons (Fsp3) is 0.500. The fourth-order valence-corrected chi connectivity index (χ4v) is 2.77. The quantitative estimate of drug-likeness (QED) is 0.796. The minimum atomic E-state index is -0.279. The monoisotopic (exact) mass is 346 g/mol. The van der Waals surface area contributed by atoms with E-state index in [2.05, 4.69) is 20.4 Å². The van der Waals surface area contributed by atoms with E-state index in [1.807, 2.05) is 31.2 Å². The average molecular weight is 346 g/mol. The molecular formula is C16H22N6O3. The summed E-state index contributed by atoms with van der Waals surface area (Å²) in [5, 5.41) is 12.0. The third kappa shape index (κ3) is 4.05. The van der Waals surface area contributed by atoms with Gasteiger partial charge >= 0.3 is 6.09 Å². The molecule has 1 amide bonds. The molecule has 0 unspecified atom stereocenters. The van der Waals surface area contributed by atoms with Crippen molar-refractivity contribution in [1.82, 2.24) is 30.0 Å². The van der Waals surface area contributed by atoms with E-state index in [1.165, 1.54) is 7.11 Å². The Bertz CT molecular complexity index is 694. The number of piperazine rings is 1. The van der Waals surface area contributed by atoms with Gasteiger partial charge in [-0.2, -0.15) is 4.68 Å². The first-order valence-corrected chi connectivity index (χ1v) is 8.27. The molecule has 3 rings (SSSR count). The van der Waals surface area contributed by atoms with Gasteiger partial charge in [-0.25, -0.2) is 4.79 Å². The van der Waals surface area contributed by atoms with Crippen molar-refractivity contribution in [3.63, 3.8) is 0 Å². The highest BCUT2D eigenvalue weighted by Crippen LogP contribution is 2.16. The summed E-state index contributed by atoms with van der Waals surface area (Å²) in [4.78, 5) is 15.5. The second-order valence-corrected chi connectivity index (χ2v) is 5.67. The fourth-order valence-electron chi connectivity index (χ4n) is 2.77. The third-order valence-electron chi connectivity index (χ3n) is 4.10. The smallest absolute Gasteiger partial charge is 0.409 e. The normalized spacial score (nSPS) is 15.2. The number of aromatic nitrogens is 4. The van der Waals surface area contributed by atoms with Crippen LogP contribution in [0.5, 0.6) is 5.75 Å². The lowest BCUT2D eigenvalue weighted by Crippen LogP contribution is -2.48. The van der Waals surface area contributed by atoms with Crippen LogP contribution >= 0.6 is 0 Å². The van der Waals surface area contributed by atoms with Crippen molar-refractivity contribution in [2.24, 2.45) is 0 Å². The Balaban J connectivity index is 1.63. The standard InChI is InChI=1S/C16H22N6O3/c1-3-25-14-6-4-13(5-7-14)22-15(17-18-19-22)12-20-8-10-21(11-9-20)16(23)24-2/h4-7H,3,8-12H2,1-2H3. The maximum absolute atomic E-state index is 11.5. The van der Waals surface area contributed by atoms with Crippen LogP contribution in [0.3, 0.4) is 0 Å². The molecule has 0 bridgehead atoms. The number of hydrogen-bond donors (Lipinski definition) is 0. The van der Waals surface area contributed by atoms with E-state index >= 15 is 0 Å². The van der Waals surface area contributed by atoms with Crippen molar-refractivity contribution >= 4 is 6.09 Å². The molecule has 134 valence electrons. The lowest BCUT2D eigenvalue weighted by molar-refractivity contribution is 0.0878. The summed E-state index contributed by atoms with van der Waals surface area (Å²) in [5.41, 5.74) is 0.886. The molecule has 1 aliphatic rings. The third-order valence-corrected chi connectivity index (χ3v) is 4.10. The van der Waals surface area contributed by atoms with Gasteiger partial charge in [0.05, 0.1) is 25.9 Å². The zero-order valence-electron chi connectivity index (χ0n) is 14.5. The van der Waals surface area contributed by atoms with Gasteiger partial charge in [0.2, 0.25) is 0 Å². The molecule has 0 aliphatic carbocycles. The Labute approximate surface area is 146 Å². The molecule has 2 heterocycles. The summed E-state index contributed by atoms with van der Waals surface area (Å²) in [6, 6.07) is 7.67. The summed E-state index contributed by atoms with van der Waals surface area (Å²) < 4.78 is 11.9. The predicted octanol–water partition coefficient (Wildman–Crippen LogP) is 0.945. The van der Waals surface area contributed by atoms with Gasteiger partial charge in [0.25, 0.3) is 0 Å². The van der Waals surface area contributed by atoms with E-state index in [0.29, 0.717) is 26.2 Å². The molecule has 9 heteroatoms. The number of ether oxygens (including phenoxy) is 2. The van der Waals surface area contributed by atoms with Gasteiger partial charge in [0, 0.05) is 26.2 Å². The van der Waals surface area contributed by atoms with Crippen molar-refractivity contribution in [2.75, 3.05) is 39.9 Å². The number of nitrogens with zero attached hydrogens (tertiary/aromatic N) is 6. The molecule has 0 radical (unpaired) electrons. The van der Waals surface area contributed by atoms with Gasteiger partial charge in [-0.3, -0.25) is 4.90 Å². The first-order valence-electron chi connectivity index (χ1n) is 8.27. The Morgan fingerprint density at radius 2 is 1.88 bits per heavy atom. The highest BCUT2D eigenvalue weighted by Gasteiger charge is 2.23. The van der Waals surface area contributed by atoms with E-state index < -0.39 is 0 Å². The van der Waals surface area contributed by atoms with Crippen LogP contribution in [0.25, 0.3) is 5.69 Å². The number of hydrogen-bond acceptors (Lipinski definition) is 7. The van der Waals surface area contributed by atoms with Crippen molar-refractivity contribution in [3.8, 4) is 11.4 Å². The lowest BCUT2D eigenvalue weighted by Gasteiger charge is -2.33. The summed E-state index contributed by atoms with van der Waals surface area (Å²) in [6.45, 7) is 5.99. The summed E-state index contributed by atoms with van der Waals surface area (Å²) in [6.07, 6.45) is -0.279. The van der Waals surface area contributed by atoms with Gasteiger partial charge in [0.15, 0.2) is 5.82 Å². The molecule has 2 aromatic rings. The number of methoxy groups -OCH3 is 1. The van der Waals surface area contributed by atoms with Crippen LogP contribution in [0.2, 0.25) is 0 Å². The molecule has 9 nitrogen and oxygen atoms in total. The van der Waals surface area contributed by atoms with Gasteiger partial charge < -0.3 is 14.4 Å². The first-order chi connectivity index (χ1) is 12.2. The zero-order chi connectivity index (χ0) is 17.6. The van der Waals surface area contributed by atoms with Crippen LogP contribution in [-0.4, -0.2) is 76.0 Å². The minimum absolute atomic E-state index is 0.279. The lowest BCUT2D eigenvalue weighted by atomic mass is 10.3. The van der Waals surface area contributed by atoms with E-state index in [9.17, 15) is 4.79 Å². The second kappa shape index (κ2) is 7.93.